The lowest BCUT2D eigenvalue weighted by Gasteiger charge is -2.14. The molecule has 0 bridgehead atoms. The Balaban J connectivity index is 1.52. The molecule has 12 heteroatoms. The van der Waals surface area contributed by atoms with E-state index in [-0.39, 0.29) is 44.5 Å². The van der Waals surface area contributed by atoms with E-state index in [1.807, 2.05) is 0 Å². The molecular weight excluding hydrogens is 534 g/mol. The van der Waals surface area contributed by atoms with Gasteiger partial charge in [0.2, 0.25) is 19.9 Å². The van der Waals surface area contributed by atoms with E-state index >= 15 is 0 Å². The summed E-state index contributed by atoms with van der Waals surface area (Å²) in [4.78, 5) is -0.424. The van der Waals surface area contributed by atoms with Crippen molar-refractivity contribution >= 4 is 19.9 Å². The Labute approximate surface area is 218 Å². The SMILES string of the molecule is O=S(=O)(NCCc1ccc(S(=O)(=O)c2cccc(O)c2)cc1)c1cc(O)c(O)cc1-c1ccc(O)c(O)c1. The van der Waals surface area contributed by atoms with Crippen molar-refractivity contribution < 1.29 is 42.4 Å². The maximum atomic E-state index is 13.1. The molecule has 0 saturated heterocycles. The van der Waals surface area contributed by atoms with Crippen LogP contribution in [0.2, 0.25) is 0 Å². The molecule has 4 rings (SSSR count). The molecule has 0 unspecified atom stereocenters. The number of nitrogens with one attached hydrogen (secondary N) is 1. The summed E-state index contributed by atoms with van der Waals surface area (Å²) in [5.41, 5.74) is 0.781. The van der Waals surface area contributed by atoms with Crippen LogP contribution in [0.4, 0.5) is 0 Å². The second kappa shape index (κ2) is 10.2. The van der Waals surface area contributed by atoms with Crippen LogP contribution in [0, 0.1) is 0 Å². The van der Waals surface area contributed by atoms with E-state index in [2.05, 4.69) is 4.72 Å². The number of phenols is 5. The van der Waals surface area contributed by atoms with Gasteiger partial charge in [0.05, 0.1) is 14.7 Å². The lowest BCUT2D eigenvalue weighted by molar-refractivity contribution is 0.402. The van der Waals surface area contributed by atoms with Crippen molar-refractivity contribution in [3.63, 3.8) is 0 Å². The van der Waals surface area contributed by atoms with Crippen molar-refractivity contribution in [3.05, 3.63) is 84.4 Å². The first kappa shape index (κ1) is 26.8. The zero-order valence-electron chi connectivity index (χ0n) is 19.6. The smallest absolute Gasteiger partial charge is 0.241 e. The predicted octanol–water partition coefficient (Wildman–Crippen LogP) is 3.24. The highest BCUT2D eigenvalue weighted by molar-refractivity contribution is 7.91. The number of phenolic OH excluding ortho intramolecular Hbond substituents is 5. The quantitative estimate of drug-likeness (QED) is 0.177. The standard InChI is InChI=1S/C26H23NO9S2/c28-18-2-1-3-20(13-18)37(33,34)19-7-4-16(5-8-19)10-11-27-38(35,36)26-15-25(32)24(31)14-21(26)17-6-9-22(29)23(30)12-17/h1-9,12-15,27-32H,10-11H2. The van der Waals surface area contributed by atoms with Gasteiger partial charge in [-0.25, -0.2) is 21.6 Å². The van der Waals surface area contributed by atoms with Gasteiger partial charge in [0, 0.05) is 18.2 Å². The molecule has 0 aromatic heterocycles. The number of hydrogen-bond acceptors (Lipinski definition) is 9. The van der Waals surface area contributed by atoms with Crippen LogP contribution in [0.15, 0.2) is 93.5 Å². The number of sulfone groups is 1. The Hall–Kier alpha value is -4.26. The molecule has 0 radical (unpaired) electrons. The van der Waals surface area contributed by atoms with Crippen molar-refractivity contribution in [1.82, 2.24) is 4.72 Å². The first-order valence-corrected chi connectivity index (χ1v) is 14.1. The third-order valence-corrected chi connectivity index (χ3v) is 8.99. The first-order valence-electron chi connectivity index (χ1n) is 11.1. The molecule has 38 heavy (non-hydrogen) atoms. The van der Waals surface area contributed by atoms with E-state index in [9.17, 15) is 42.4 Å². The summed E-state index contributed by atoms with van der Waals surface area (Å²) in [7, 11) is -8.08. The molecule has 0 saturated carbocycles. The molecule has 0 aliphatic rings. The molecule has 10 nitrogen and oxygen atoms in total. The van der Waals surface area contributed by atoms with Crippen LogP contribution in [-0.2, 0) is 26.3 Å². The molecule has 0 fully saturated rings. The third-order valence-electron chi connectivity index (χ3n) is 5.72. The molecule has 4 aromatic rings. The maximum absolute atomic E-state index is 13.1. The Morgan fingerprint density at radius 2 is 1.29 bits per heavy atom. The number of hydrogen-bond donors (Lipinski definition) is 6. The molecule has 0 aliphatic carbocycles. The van der Waals surface area contributed by atoms with Crippen molar-refractivity contribution in [3.8, 4) is 39.9 Å². The van der Waals surface area contributed by atoms with Gasteiger partial charge in [-0.3, -0.25) is 0 Å². The van der Waals surface area contributed by atoms with E-state index in [1.165, 1.54) is 36.4 Å². The van der Waals surface area contributed by atoms with E-state index in [1.54, 1.807) is 12.1 Å². The van der Waals surface area contributed by atoms with Gasteiger partial charge in [0.25, 0.3) is 0 Å². The van der Waals surface area contributed by atoms with Gasteiger partial charge in [-0.15, -0.1) is 0 Å². The molecule has 198 valence electrons. The average molecular weight is 558 g/mol. The van der Waals surface area contributed by atoms with Crippen molar-refractivity contribution in [2.75, 3.05) is 6.54 Å². The Morgan fingerprint density at radius 3 is 1.95 bits per heavy atom. The van der Waals surface area contributed by atoms with Crippen LogP contribution in [0.5, 0.6) is 28.7 Å². The fourth-order valence-electron chi connectivity index (χ4n) is 3.73. The molecule has 0 amide bonds. The predicted molar refractivity (Wildman–Crippen MR) is 137 cm³/mol. The summed E-state index contributed by atoms with van der Waals surface area (Å²) >= 11 is 0. The van der Waals surface area contributed by atoms with Crippen LogP contribution in [0.3, 0.4) is 0 Å². The summed E-state index contributed by atoms with van der Waals surface area (Å²) in [5, 5.41) is 48.8. The van der Waals surface area contributed by atoms with Crippen LogP contribution in [0.1, 0.15) is 5.56 Å². The van der Waals surface area contributed by atoms with Crippen LogP contribution < -0.4 is 4.72 Å². The second-order valence-electron chi connectivity index (χ2n) is 8.33. The van der Waals surface area contributed by atoms with E-state index in [0.29, 0.717) is 5.56 Å². The fourth-order valence-corrected chi connectivity index (χ4v) is 6.29. The summed E-state index contributed by atoms with van der Waals surface area (Å²) in [5.74, 6) is -2.34. The van der Waals surface area contributed by atoms with Gasteiger partial charge in [-0.1, -0.05) is 24.3 Å². The number of aromatic hydroxyl groups is 5. The Kier molecular flexibility index (Phi) is 7.22. The second-order valence-corrected chi connectivity index (χ2v) is 12.0. The lowest BCUT2D eigenvalue weighted by atomic mass is 10.0. The number of sulfonamides is 1. The van der Waals surface area contributed by atoms with Gasteiger partial charge in [0.15, 0.2) is 23.0 Å². The lowest BCUT2D eigenvalue weighted by Crippen LogP contribution is -2.26. The minimum atomic E-state index is -4.23. The zero-order chi connectivity index (χ0) is 27.7. The highest BCUT2D eigenvalue weighted by Crippen LogP contribution is 2.39. The van der Waals surface area contributed by atoms with Gasteiger partial charge in [-0.05, 0) is 66.1 Å². The fraction of sp³-hybridized carbons (Fsp3) is 0.0769. The third kappa shape index (κ3) is 5.52. The Bertz CT molecular complexity index is 1720. The zero-order valence-corrected chi connectivity index (χ0v) is 21.2. The summed E-state index contributed by atoms with van der Waals surface area (Å²) in [6.07, 6.45) is 0.199. The minimum absolute atomic E-state index is 0.00814. The van der Waals surface area contributed by atoms with Gasteiger partial charge < -0.3 is 25.5 Å². The molecule has 0 aliphatic heterocycles. The molecule has 0 spiro atoms. The van der Waals surface area contributed by atoms with E-state index in [0.717, 1.165) is 30.3 Å². The largest absolute Gasteiger partial charge is 0.508 e. The first-order chi connectivity index (χ1) is 17.9. The van der Waals surface area contributed by atoms with Crippen LogP contribution in [0.25, 0.3) is 11.1 Å². The van der Waals surface area contributed by atoms with Crippen molar-refractivity contribution in [2.24, 2.45) is 0 Å². The monoisotopic (exact) mass is 557 g/mol. The van der Waals surface area contributed by atoms with Gasteiger partial charge in [-0.2, -0.15) is 0 Å². The van der Waals surface area contributed by atoms with Crippen molar-refractivity contribution in [2.45, 2.75) is 21.1 Å². The molecule has 6 N–H and O–H groups in total. The normalized spacial score (nSPS) is 11.9. The molecule has 4 aromatic carbocycles. The highest BCUT2D eigenvalue weighted by atomic mass is 32.2. The molecular formula is C26H23NO9S2. The maximum Gasteiger partial charge on any atom is 0.241 e. The average Bonchev–Trinajstić information content (AvgIpc) is 2.87. The highest BCUT2D eigenvalue weighted by Gasteiger charge is 2.23. The van der Waals surface area contributed by atoms with Gasteiger partial charge >= 0.3 is 0 Å². The van der Waals surface area contributed by atoms with Crippen LogP contribution in [-0.4, -0.2) is 48.9 Å². The minimum Gasteiger partial charge on any atom is -0.508 e. The molecule has 0 heterocycles. The van der Waals surface area contributed by atoms with E-state index < -0.39 is 42.9 Å². The number of rotatable bonds is 8. The summed E-state index contributed by atoms with van der Waals surface area (Å²) in [6, 6.07) is 16.7. The summed E-state index contributed by atoms with van der Waals surface area (Å²) < 4.78 is 54.1. The van der Waals surface area contributed by atoms with E-state index in [4.69, 9.17) is 0 Å². The number of benzene rings is 4. The Morgan fingerprint density at radius 1 is 0.632 bits per heavy atom. The molecule has 0 atom stereocenters. The van der Waals surface area contributed by atoms with Crippen LogP contribution >= 0.6 is 0 Å². The topological polar surface area (TPSA) is 181 Å². The van der Waals surface area contributed by atoms with Gasteiger partial charge in [0.1, 0.15) is 5.75 Å². The van der Waals surface area contributed by atoms with Crippen molar-refractivity contribution in [1.29, 1.82) is 0 Å². The summed E-state index contributed by atoms with van der Waals surface area (Å²) in [6.45, 7) is -0.0805.